The molecule has 0 unspecified atom stereocenters. The summed E-state index contributed by atoms with van der Waals surface area (Å²) in [5.41, 5.74) is -0.338. The number of carbonyl (C=O) groups excluding carboxylic acids is 1. The van der Waals surface area contributed by atoms with Gasteiger partial charge in [0, 0.05) is 30.2 Å². The summed E-state index contributed by atoms with van der Waals surface area (Å²) in [5, 5.41) is 2.36. The zero-order valence-corrected chi connectivity index (χ0v) is 8.98. The van der Waals surface area contributed by atoms with Gasteiger partial charge in [-0.2, -0.15) is 0 Å². The Kier molecular flexibility index (Phi) is 3.93. The molecule has 1 N–H and O–H groups in total. The third-order valence-electron chi connectivity index (χ3n) is 2.07. The summed E-state index contributed by atoms with van der Waals surface area (Å²) in [6, 6.07) is 1.17. The molecule has 1 rings (SSSR count). The Morgan fingerprint density at radius 3 is 2.19 bits per heavy atom. The highest BCUT2D eigenvalue weighted by Gasteiger charge is 2.13. The van der Waals surface area contributed by atoms with Crippen LogP contribution in [0.2, 0.25) is 0 Å². The molecule has 0 radical (unpaired) electrons. The van der Waals surface area contributed by atoms with Gasteiger partial charge in [0.15, 0.2) is 0 Å². The van der Waals surface area contributed by atoms with Crippen LogP contribution in [0.4, 0.5) is 13.2 Å². The smallest absolute Gasteiger partial charge is 0.222 e. The minimum atomic E-state index is -0.999. The van der Waals surface area contributed by atoms with Crippen molar-refractivity contribution in [2.45, 2.75) is 20.4 Å². The van der Waals surface area contributed by atoms with Gasteiger partial charge in [0.05, 0.1) is 0 Å². The molecule has 1 aromatic rings. The van der Waals surface area contributed by atoms with Crippen LogP contribution in [0, 0.1) is 23.4 Å². The minimum absolute atomic E-state index is 0.272. The molecule has 0 aromatic heterocycles. The van der Waals surface area contributed by atoms with E-state index >= 15 is 0 Å². The molecule has 1 aromatic carbocycles. The number of hydrogen-bond acceptors (Lipinski definition) is 1. The number of rotatable bonds is 3. The van der Waals surface area contributed by atoms with E-state index in [4.69, 9.17) is 0 Å². The topological polar surface area (TPSA) is 29.1 Å². The van der Waals surface area contributed by atoms with E-state index in [1.54, 1.807) is 13.8 Å². The maximum Gasteiger partial charge on any atom is 0.222 e. The van der Waals surface area contributed by atoms with Crippen molar-refractivity contribution in [2.24, 2.45) is 5.92 Å². The summed E-state index contributed by atoms with van der Waals surface area (Å²) in [5.74, 6) is -3.56. The van der Waals surface area contributed by atoms with Gasteiger partial charge in [0.25, 0.3) is 0 Å². The summed E-state index contributed by atoms with van der Waals surface area (Å²) in [4.78, 5) is 11.2. The van der Waals surface area contributed by atoms with Crippen LogP contribution in [0.5, 0.6) is 0 Å². The zero-order valence-electron chi connectivity index (χ0n) is 8.98. The molecule has 0 atom stereocenters. The molecule has 5 heteroatoms. The Labute approximate surface area is 91.5 Å². The van der Waals surface area contributed by atoms with Crippen molar-refractivity contribution in [1.82, 2.24) is 5.32 Å². The minimum Gasteiger partial charge on any atom is -0.352 e. The highest BCUT2D eigenvalue weighted by atomic mass is 19.1. The maximum atomic E-state index is 13.1. The van der Waals surface area contributed by atoms with E-state index in [0.29, 0.717) is 12.1 Å². The molecule has 0 saturated carbocycles. The second kappa shape index (κ2) is 5.01. The lowest BCUT2D eigenvalue weighted by atomic mass is 10.1. The summed E-state index contributed by atoms with van der Waals surface area (Å²) in [7, 11) is 0. The lowest BCUT2D eigenvalue weighted by Crippen LogP contribution is -2.28. The van der Waals surface area contributed by atoms with Gasteiger partial charge in [0.1, 0.15) is 17.5 Å². The van der Waals surface area contributed by atoms with Crippen molar-refractivity contribution < 1.29 is 18.0 Å². The maximum absolute atomic E-state index is 13.1. The van der Waals surface area contributed by atoms with Crippen LogP contribution in [0.3, 0.4) is 0 Å². The van der Waals surface area contributed by atoms with Gasteiger partial charge >= 0.3 is 0 Å². The van der Waals surface area contributed by atoms with E-state index < -0.39 is 17.5 Å². The van der Waals surface area contributed by atoms with Crippen LogP contribution in [-0.2, 0) is 11.3 Å². The largest absolute Gasteiger partial charge is 0.352 e. The Bertz CT molecular complexity index is 381. The van der Waals surface area contributed by atoms with E-state index in [-0.39, 0.29) is 23.9 Å². The third-order valence-corrected chi connectivity index (χ3v) is 2.07. The van der Waals surface area contributed by atoms with Crippen LogP contribution >= 0.6 is 0 Å². The van der Waals surface area contributed by atoms with Gasteiger partial charge in [-0.25, -0.2) is 13.2 Å². The van der Waals surface area contributed by atoms with Gasteiger partial charge in [-0.3, -0.25) is 4.79 Å². The number of nitrogens with one attached hydrogen (secondary N) is 1. The second-order valence-corrected chi connectivity index (χ2v) is 3.72. The Morgan fingerprint density at radius 2 is 1.75 bits per heavy atom. The quantitative estimate of drug-likeness (QED) is 0.850. The number of benzene rings is 1. The summed E-state index contributed by atoms with van der Waals surface area (Å²) >= 11 is 0. The van der Waals surface area contributed by atoms with Crippen LogP contribution in [0.1, 0.15) is 19.4 Å². The average molecular weight is 231 g/mol. The molecule has 0 aliphatic heterocycles. The highest BCUT2D eigenvalue weighted by Crippen LogP contribution is 2.14. The number of carbonyl (C=O) groups is 1. The summed E-state index contributed by atoms with van der Waals surface area (Å²) in [6.07, 6.45) is 0. The average Bonchev–Trinajstić information content (AvgIpc) is 2.15. The number of amides is 1. The predicted octanol–water partition coefficient (Wildman–Crippen LogP) is 2.38. The predicted molar refractivity (Wildman–Crippen MR) is 53.0 cm³/mol. The molecule has 0 spiro atoms. The van der Waals surface area contributed by atoms with Crippen LogP contribution in [-0.4, -0.2) is 5.91 Å². The Balaban J connectivity index is 2.78. The molecule has 0 aliphatic carbocycles. The van der Waals surface area contributed by atoms with Gasteiger partial charge in [-0.1, -0.05) is 13.8 Å². The van der Waals surface area contributed by atoms with E-state index in [2.05, 4.69) is 5.32 Å². The first-order chi connectivity index (χ1) is 7.41. The fraction of sp³-hybridized carbons (Fsp3) is 0.364. The van der Waals surface area contributed by atoms with Crippen molar-refractivity contribution in [3.8, 4) is 0 Å². The van der Waals surface area contributed by atoms with Crippen LogP contribution < -0.4 is 5.32 Å². The van der Waals surface area contributed by atoms with Gasteiger partial charge < -0.3 is 5.32 Å². The molecule has 0 bridgehead atoms. The van der Waals surface area contributed by atoms with Crippen molar-refractivity contribution in [3.05, 3.63) is 35.1 Å². The van der Waals surface area contributed by atoms with Crippen molar-refractivity contribution >= 4 is 5.91 Å². The third kappa shape index (κ3) is 2.98. The molecule has 2 nitrogen and oxygen atoms in total. The fourth-order valence-corrected chi connectivity index (χ4v) is 1.12. The SMILES string of the molecule is CC(C)C(=O)NCc1c(F)cc(F)cc1F. The second-order valence-electron chi connectivity index (χ2n) is 3.72. The van der Waals surface area contributed by atoms with Crippen molar-refractivity contribution in [1.29, 1.82) is 0 Å². The summed E-state index contributed by atoms with van der Waals surface area (Å²) < 4.78 is 38.8. The molecule has 88 valence electrons. The standard InChI is InChI=1S/C11H12F3NO/c1-6(2)11(16)15-5-8-9(13)3-7(12)4-10(8)14/h3-4,6H,5H2,1-2H3,(H,15,16). The number of halogens is 3. The zero-order chi connectivity index (χ0) is 12.3. The molecule has 1 amide bonds. The van der Waals surface area contributed by atoms with Gasteiger partial charge in [0.2, 0.25) is 5.91 Å². The molecule has 16 heavy (non-hydrogen) atoms. The monoisotopic (exact) mass is 231 g/mol. The molecule has 0 aliphatic rings. The van der Waals surface area contributed by atoms with Crippen LogP contribution in [0.25, 0.3) is 0 Å². The van der Waals surface area contributed by atoms with E-state index in [9.17, 15) is 18.0 Å². The van der Waals surface area contributed by atoms with E-state index in [1.807, 2.05) is 0 Å². The molecular formula is C11H12F3NO. The summed E-state index contributed by atoms with van der Waals surface area (Å²) in [6.45, 7) is 3.04. The first kappa shape index (κ1) is 12.5. The normalized spacial score (nSPS) is 10.6. The van der Waals surface area contributed by atoms with Gasteiger partial charge in [-0.15, -0.1) is 0 Å². The van der Waals surface area contributed by atoms with E-state index in [0.717, 1.165) is 0 Å². The lowest BCUT2D eigenvalue weighted by Gasteiger charge is -2.09. The Morgan fingerprint density at radius 1 is 1.25 bits per heavy atom. The molecule has 0 fully saturated rings. The van der Waals surface area contributed by atoms with Crippen LogP contribution in [0.15, 0.2) is 12.1 Å². The molecule has 0 heterocycles. The van der Waals surface area contributed by atoms with Gasteiger partial charge in [-0.05, 0) is 0 Å². The lowest BCUT2D eigenvalue weighted by molar-refractivity contribution is -0.124. The Hall–Kier alpha value is -1.52. The van der Waals surface area contributed by atoms with E-state index in [1.165, 1.54) is 0 Å². The molecule has 0 saturated heterocycles. The highest BCUT2D eigenvalue weighted by molar-refractivity contribution is 5.77. The van der Waals surface area contributed by atoms with Crippen molar-refractivity contribution in [2.75, 3.05) is 0 Å². The first-order valence-corrected chi connectivity index (χ1v) is 4.83. The van der Waals surface area contributed by atoms with Crippen molar-refractivity contribution in [3.63, 3.8) is 0 Å². The number of hydrogen-bond donors (Lipinski definition) is 1. The fourth-order valence-electron chi connectivity index (χ4n) is 1.12. The first-order valence-electron chi connectivity index (χ1n) is 4.83. The molecular weight excluding hydrogens is 219 g/mol.